The molecule has 3 aromatic rings. The summed E-state index contributed by atoms with van der Waals surface area (Å²) >= 11 is 0. The summed E-state index contributed by atoms with van der Waals surface area (Å²) in [6.45, 7) is 6.83. The Morgan fingerprint density at radius 3 is 1.52 bits per heavy atom. The van der Waals surface area contributed by atoms with Gasteiger partial charge in [-0.05, 0) is 18.3 Å². The predicted molar refractivity (Wildman–Crippen MR) is 125 cm³/mol. The molecule has 0 unspecified atom stereocenters. The van der Waals surface area contributed by atoms with Crippen LogP contribution in [0.25, 0.3) is 0 Å². The van der Waals surface area contributed by atoms with Crippen LogP contribution in [0.4, 0.5) is 0 Å². The minimum atomic E-state index is -0.471. The van der Waals surface area contributed by atoms with Crippen LogP contribution in [0, 0.1) is 16.7 Å². The van der Waals surface area contributed by atoms with E-state index in [1.165, 1.54) is 16.7 Å². The summed E-state index contributed by atoms with van der Waals surface area (Å²) < 4.78 is 0. The number of Topliss-reactive ketones (excluding diaryl/α,β-unsaturated/α-hetero) is 1. The molecule has 2 nitrogen and oxygen atoms in total. The quantitative estimate of drug-likeness (QED) is 0.594. The third-order valence-corrected chi connectivity index (χ3v) is 8.70. The minimum Gasteiger partial charge on any atom is -0.321 e. The summed E-state index contributed by atoms with van der Waals surface area (Å²) in [4.78, 5) is 13.8. The molecule has 0 aliphatic heterocycles. The summed E-state index contributed by atoms with van der Waals surface area (Å²) in [5.74, 6) is 0.821. The van der Waals surface area contributed by atoms with Crippen LogP contribution in [-0.2, 0) is 10.3 Å². The van der Waals surface area contributed by atoms with Crippen LogP contribution in [0.15, 0.2) is 91.0 Å². The Balaban J connectivity index is 1.73. The standard InChI is InChI=1S/C29H31NO/c1-27(2)24-19-20-28(27,3)26(31)25(24)30-29(21-13-7-4-8-14-21,22-15-9-5-10-16-22)23-17-11-6-12-18-23/h4-18,24-25,30H,19-20H2,1-3H3/p+1/t24-,25+,28+/m0/s1. The minimum absolute atomic E-state index is 0.0288. The molecule has 2 aliphatic rings. The second-order valence-electron chi connectivity index (χ2n) is 10.2. The highest BCUT2D eigenvalue weighted by Crippen LogP contribution is 2.63. The number of carbonyl (C=O) groups is 1. The Morgan fingerprint density at radius 1 is 0.742 bits per heavy atom. The van der Waals surface area contributed by atoms with E-state index in [-0.39, 0.29) is 16.9 Å². The van der Waals surface area contributed by atoms with Crippen LogP contribution >= 0.6 is 0 Å². The van der Waals surface area contributed by atoms with Gasteiger partial charge >= 0.3 is 0 Å². The maximum atomic E-state index is 13.8. The highest BCUT2D eigenvalue weighted by Gasteiger charge is 2.69. The lowest BCUT2D eigenvalue weighted by Crippen LogP contribution is -3.02. The van der Waals surface area contributed by atoms with Gasteiger partial charge < -0.3 is 5.32 Å². The van der Waals surface area contributed by atoms with Gasteiger partial charge in [0.05, 0.1) is 0 Å². The first-order valence-electron chi connectivity index (χ1n) is 11.5. The number of nitrogens with two attached hydrogens (primary N) is 1. The molecule has 31 heavy (non-hydrogen) atoms. The Bertz CT molecular complexity index is 977. The largest absolute Gasteiger partial charge is 0.321 e. The van der Waals surface area contributed by atoms with Crippen molar-refractivity contribution in [2.75, 3.05) is 0 Å². The molecule has 2 fully saturated rings. The van der Waals surface area contributed by atoms with E-state index in [1.54, 1.807) is 0 Å². The summed E-state index contributed by atoms with van der Waals surface area (Å²) in [7, 11) is 0. The first kappa shape index (κ1) is 20.2. The van der Waals surface area contributed by atoms with Crippen molar-refractivity contribution in [3.05, 3.63) is 108 Å². The monoisotopic (exact) mass is 410 g/mol. The molecule has 2 N–H and O–H groups in total. The summed E-state index contributed by atoms with van der Waals surface area (Å²) in [6, 6.07) is 32.1. The SMILES string of the molecule is CC1(C)[C@H]2CC[C@]1(C)C(=O)[C@@H]2[NH2+]C(c1ccccc1)(c1ccccc1)c1ccccc1. The van der Waals surface area contributed by atoms with Crippen LogP contribution in [0.1, 0.15) is 50.3 Å². The predicted octanol–water partition coefficient (Wildman–Crippen LogP) is 4.94. The van der Waals surface area contributed by atoms with Gasteiger partial charge in [0.2, 0.25) is 0 Å². The average Bonchev–Trinajstić information content (AvgIpc) is 3.12. The lowest BCUT2D eigenvalue weighted by Gasteiger charge is -2.37. The molecule has 0 saturated heterocycles. The third kappa shape index (κ3) is 2.78. The number of carbonyl (C=O) groups excluding carboxylic acids is 1. The molecule has 3 atom stereocenters. The number of hydrogen-bond donors (Lipinski definition) is 1. The second-order valence-corrected chi connectivity index (χ2v) is 10.2. The van der Waals surface area contributed by atoms with Crippen molar-refractivity contribution >= 4 is 5.78 Å². The van der Waals surface area contributed by atoms with Crippen molar-refractivity contribution in [3.63, 3.8) is 0 Å². The zero-order valence-electron chi connectivity index (χ0n) is 18.7. The molecule has 0 heterocycles. The van der Waals surface area contributed by atoms with E-state index in [0.29, 0.717) is 11.7 Å². The summed E-state index contributed by atoms with van der Waals surface area (Å²) in [5, 5.41) is 2.41. The highest BCUT2D eigenvalue weighted by atomic mass is 16.1. The van der Waals surface area contributed by atoms with Crippen LogP contribution in [-0.4, -0.2) is 11.8 Å². The van der Waals surface area contributed by atoms with E-state index >= 15 is 0 Å². The molecular weight excluding hydrogens is 378 g/mol. The van der Waals surface area contributed by atoms with Gasteiger partial charge in [-0.3, -0.25) is 4.79 Å². The number of fused-ring (bicyclic) bond motifs is 2. The van der Waals surface area contributed by atoms with Crippen molar-refractivity contribution in [1.29, 1.82) is 0 Å². The molecule has 0 amide bonds. The second kappa shape index (κ2) is 7.17. The lowest BCUT2D eigenvalue weighted by molar-refractivity contribution is -0.741. The van der Waals surface area contributed by atoms with E-state index in [2.05, 4.69) is 117 Å². The average molecular weight is 411 g/mol. The molecule has 3 aromatic carbocycles. The summed E-state index contributed by atoms with van der Waals surface area (Å²) in [6.07, 6.45) is 2.15. The molecule has 2 saturated carbocycles. The Labute approximate surface area is 185 Å². The number of benzene rings is 3. The number of rotatable bonds is 5. The van der Waals surface area contributed by atoms with Crippen LogP contribution in [0.2, 0.25) is 0 Å². The number of quaternary nitrogens is 1. The third-order valence-electron chi connectivity index (χ3n) is 8.70. The molecule has 0 radical (unpaired) electrons. The molecule has 0 spiro atoms. The van der Waals surface area contributed by atoms with Gasteiger partial charge in [0.15, 0.2) is 17.4 Å². The van der Waals surface area contributed by atoms with Gasteiger partial charge in [-0.15, -0.1) is 0 Å². The van der Waals surface area contributed by atoms with Gasteiger partial charge in [0.25, 0.3) is 0 Å². The number of hydrogen-bond acceptors (Lipinski definition) is 1. The van der Waals surface area contributed by atoms with E-state index in [9.17, 15) is 4.79 Å². The Hall–Kier alpha value is -2.71. The molecule has 2 aliphatic carbocycles. The van der Waals surface area contributed by atoms with E-state index in [1.807, 2.05) is 0 Å². The highest BCUT2D eigenvalue weighted by molar-refractivity contribution is 5.93. The maximum absolute atomic E-state index is 13.8. The van der Waals surface area contributed by atoms with E-state index < -0.39 is 5.54 Å². The van der Waals surface area contributed by atoms with Gasteiger partial charge in [-0.1, -0.05) is 112 Å². The molecule has 158 valence electrons. The van der Waals surface area contributed by atoms with Crippen LogP contribution in [0.5, 0.6) is 0 Å². The van der Waals surface area contributed by atoms with Crippen molar-refractivity contribution in [2.24, 2.45) is 16.7 Å². The molecule has 2 heteroatoms. The summed E-state index contributed by atoms with van der Waals surface area (Å²) in [5.41, 5.74) is 2.97. The van der Waals surface area contributed by atoms with E-state index in [4.69, 9.17) is 0 Å². The molecule has 5 rings (SSSR count). The fraction of sp³-hybridized carbons (Fsp3) is 0.345. The molecular formula is C29H32NO+. The Morgan fingerprint density at radius 2 is 1.16 bits per heavy atom. The normalized spacial score (nSPS) is 26.9. The lowest BCUT2D eigenvalue weighted by atomic mass is 9.70. The first-order chi connectivity index (χ1) is 14.9. The topological polar surface area (TPSA) is 33.7 Å². The van der Waals surface area contributed by atoms with Crippen molar-refractivity contribution in [1.82, 2.24) is 0 Å². The Kier molecular flexibility index (Phi) is 4.67. The smallest absolute Gasteiger partial charge is 0.196 e. The fourth-order valence-corrected chi connectivity index (χ4v) is 6.51. The zero-order chi connectivity index (χ0) is 21.7. The fourth-order valence-electron chi connectivity index (χ4n) is 6.51. The van der Waals surface area contributed by atoms with Crippen molar-refractivity contribution < 1.29 is 10.1 Å². The molecule has 2 bridgehead atoms. The van der Waals surface area contributed by atoms with Gasteiger partial charge in [0.1, 0.15) is 0 Å². The number of ketones is 1. The van der Waals surface area contributed by atoms with Crippen LogP contribution < -0.4 is 5.32 Å². The first-order valence-corrected chi connectivity index (χ1v) is 11.5. The van der Waals surface area contributed by atoms with E-state index in [0.717, 1.165) is 12.8 Å². The van der Waals surface area contributed by atoms with Gasteiger partial charge in [-0.2, -0.15) is 0 Å². The zero-order valence-corrected chi connectivity index (χ0v) is 18.7. The molecule has 0 aromatic heterocycles. The maximum Gasteiger partial charge on any atom is 0.196 e. The van der Waals surface area contributed by atoms with Gasteiger partial charge in [0, 0.05) is 28.0 Å². The van der Waals surface area contributed by atoms with Gasteiger partial charge in [-0.25, -0.2) is 0 Å². The van der Waals surface area contributed by atoms with Crippen molar-refractivity contribution in [3.8, 4) is 0 Å². The van der Waals surface area contributed by atoms with Crippen LogP contribution in [0.3, 0.4) is 0 Å². The van der Waals surface area contributed by atoms with Crippen molar-refractivity contribution in [2.45, 2.75) is 45.2 Å².